The number of hydrogen-bond donors (Lipinski definition) is 1. The van der Waals surface area contributed by atoms with Crippen LogP contribution in [0.3, 0.4) is 0 Å². The monoisotopic (exact) mass is 341 g/mol. The maximum absolute atomic E-state index is 12.3. The molecule has 0 saturated heterocycles. The molecule has 0 aromatic carbocycles. The summed E-state index contributed by atoms with van der Waals surface area (Å²) in [7, 11) is 0. The number of rotatable bonds is 12. The molecule has 0 aromatic rings. The molecule has 0 unspecified atom stereocenters. The van der Waals surface area contributed by atoms with Gasteiger partial charge in [0.05, 0.1) is 5.60 Å². The molecule has 0 radical (unpaired) electrons. The average Bonchev–Trinajstić information content (AvgIpc) is 2.41. The van der Waals surface area contributed by atoms with E-state index in [0.717, 1.165) is 19.4 Å². The Morgan fingerprint density at radius 3 is 2.12 bits per heavy atom. The van der Waals surface area contributed by atoms with Crippen molar-refractivity contribution in [2.24, 2.45) is 17.3 Å². The van der Waals surface area contributed by atoms with Gasteiger partial charge in [-0.2, -0.15) is 0 Å². The van der Waals surface area contributed by atoms with Gasteiger partial charge in [-0.1, -0.05) is 41.5 Å². The van der Waals surface area contributed by atoms with Crippen LogP contribution in [0.5, 0.6) is 0 Å². The van der Waals surface area contributed by atoms with Gasteiger partial charge < -0.3 is 10.1 Å². The summed E-state index contributed by atoms with van der Waals surface area (Å²) < 4.78 is 5.89. The third kappa shape index (κ3) is 10.1. The van der Waals surface area contributed by atoms with Crippen LogP contribution in [0.4, 0.5) is 0 Å². The second-order valence-electron chi connectivity index (χ2n) is 8.83. The molecule has 0 aliphatic rings. The van der Waals surface area contributed by atoms with E-state index in [1.807, 2.05) is 41.5 Å². The van der Waals surface area contributed by atoms with Crippen LogP contribution in [0.25, 0.3) is 0 Å². The Balaban J connectivity index is 4.22. The highest BCUT2D eigenvalue weighted by Crippen LogP contribution is 2.24. The fourth-order valence-corrected chi connectivity index (χ4v) is 2.32. The molecule has 24 heavy (non-hydrogen) atoms. The molecule has 1 N–H and O–H groups in total. The molecular weight excluding hydrogens is 302 g/mol. The first kappa shape index (κ1) is 23.1. The topological polar surface area (TPSA) is 55.4 Å². The molecule has 0 atom stereocenters. The molecule has 4 heteroatoms. The minimum atomic E-state index is -0.481. The van der Waals surface area contributed by atoms with Crippen molar-refractivity contribution in [2.45, 2.75) is 86.7 Å². The summed E-state index contributed by atoms with van der Waals surface area (Å²) in [5.41, 5.74) is -0.943. The van der Waals surface area contributed by atoms with Crippen molar-refractivity contribution in [2.75, 3.05) is 13.2 Å². The van der Waals surface area contributed by atoms with Crippen LogP contribution in [0.2, 0.25) is 0 Å². The van der Waals surface area contributed by atoms with Crippen LogP contribution in [0.1, 0.15) is 81.1 Å². The molecule has 0 fully saturated rings. The van der Waals surface area contributed by atoms with E-state index < -0.39 is 11.0 Å². The first-order valence-electron chi connectivity index (χ1n) is 9.32. The number of carbonyl (C=O) groups is 2. The summed E-state index contributed by atoms with van der Waals surface area (Å²) >= 11 is 0. The van der Waals surface area contributed by atoms with Crippen molar-refractivity contribution >= 4 is 11.7 Å². The Morgan fingerprint density at radius 2 is 1.62 bits per heavy atom. The van der Waals surface area contributed by atoms with Gasteiger partial charge in [0.2, 0.25) is 5.91 Å². The number of nitrogens with one attached hydrogen (secondary N) is 1. The number of amides is 1. The highest BCUT2D eigenvalue weighted by atomic mass is 16.5. The third-order valence-electron chi connectivity index (χ3n) is 4.32. The number of Topliss-reactive ketones (excluding diaryl/α,β-unsaturated/α-hetero) is 1. The smallest absolute Gasteiger partial charge is 0.225 e. The van der Waals surface area contributed by atoms with E-state index in [9.17, 15) is 9.59 Å². The fraction of sp³-hybridized carbons (Fsp3) is 0.900. The zero-order valence-corrected chi connectivity index (χ0v) is 17.1. The lowest BCUT2D eigenvalue weighted by Gasteiger charge is -2.29. The van der Waals surface area contributed by atoms with Crippen LogP contribution >= 0.6 is 0 Å². The zero-order valence-electron chi connectivity index (χ0n) is 17.1. The lowest BCUT2D eigenvalue weighted by molar-refractivity contribution is -0.134. The number of hydrogen-bond acceptors (Lipinski definition) is 3. The Bertz CT molecular complexity index is 398. The standard InChI is InChI=1S/C20H39NO3/c1-15(2)10-9-12-21-18(23)19(5,6)11-13-24-20(7,8)14-17(22)16(3)4/h15-16H,9-14H2,1-8H3,(H,21,23). The molecule has 0 spiro atoms. The maximum atomic E-state index is 12.3. The molecule has 0 rings (SSSR count). The van der Waals surface area contributed by atoms with Gasteiger partial charge in [0.1, 0.15) is 5.78 Å². The Hall–Kier alpha value is -0.900. The van der Waals surface area contributed by atoms with Crippen LogP contribution in [-0.2, 0) is 14.3 Å². The minimum absolute atomic E-state index is 0.0286. The molecule has 0 aliphatic carbocycles. The molecule has 0 saturated carbocycles. The van der Waals surface area contributed by atoms with Crippen LogP contribution in [0, 0.1) is 17.3 Å². The normalized spacial score (nSPS) is 12.8. The van der Waals surface area contributed by atoms with Crippen molar-refractivity contribution in [3.05, 3.63) is 0 Å². The SMILES string of the molecule is CC(C)CCCNC(=O)C(C)(C)CCOC(C)(C)CC(=O)C(C)C. The predicted molar refractivity (Wildman–Crippen MR) is 100.0 cm³/mol. The van der Waals surface area contributed by atoms with Crippen molar-refractivity contribution in [3.8, 4) is 0 Å². The number of carbonyl (C=O) groups excluding carboxylic acids is 2. The Morgan fingerprint density at radius 1 is 1.04 bits per heavy atom. The number of ketones is 1. The van der Waals surface area contributed by atoms with Gasteiger partial charge >= 0.3 is 0 Å². The van der Waals surface area contributed by atoms with Crippen molar-refractivity contribution in [3.63, 3.8) is 0 Å². The van der Waals surface area contributed by atoms with Gasteiger partial charge in [-0.25, -0.2) is 0 Å². The number of ether oxygens (including phenoxy) is 1. The lowest BCUT2D eigenvalue weighted by atomic mass is 9.88. The third-order valence-corrected chi connectivity index (χ3v) is 4.32. The second kappa shape index (κ2) is 10.2. The summed E-state index contributed by atoms with van der Waals surface area (Å²) in [5, 5.41) is 3.02. The molecular formula is C20H39NO3. The molecule has 0 heterocycles. The quantitative estimate of drug-likeness (QED) is 0.536. The second-order valence-corrected chi connectivity index (χ2v) is 8.83. The maximum Gasteiger partial charge on any atom is 0.225 e. The Labute approximate surface area is 149 Å². The van der Waals surface area contributed by atoms with Crippen LogP contribution < -0.4 is 5.32 Å². The van der Waals surface area contributed by atoms with E-state index in [0.29, 0.717) is 25.4 Å². The molecule has 4 nitrogen and oxygen atoms in total. The summed E-state index contributed by atoms with van der Waals surface area (Å²) in [6.07, 6.45) is 3.19. The Kier molecular flexibility index (Phi) is 9.79. The van der Waals surface area contributed by atoms with E-state index in [2.05, 4.69) is 19.2 Å². The van der Waals surface area contributed by atoms with Crippen LogP contribution in [-0.4, -0.2) is 30.4 Å². The van der Waals surface area contributed by atoms with Crippen molar-refractivity contribution < 1.29 is 14.3 Å². The molecule has 0 bridgehead atoms. The average molecular weight is 342 g/mol. The highest BCUT2D eigenvalue weighted by molar-refractivity contribution is 5.82. The van der Waals surface area contributed by atoms with Gasteiger partial charge in [-0.15, -0.1) is 0 Å². The summed E-state index contributed by atoms with van der Waals surface area (Å²) in [6, 6.07) is 0. The summed E-state index contributed by atoms with van der Waals surface area (Å²) in [5.74, 6) is 0.980. The van der Waals surface area contributed by atoms with Crippen LogP contribution in [0.15, 0.2) is 0 Å². The largest absolute Gasteiger partial charge is 0.375 e. The van der Waals surface area contributed by atoms with Gasteiger partial charge in [0.25, 0.3) is 0 Å². The predicted octanol–water partition coefficient (Wildman–Crippen LogP) is 4.37. The highest BCUT2D eigenvalue weighted by Gasteiger charge is 2.29. The first-order valence-corrected chi connectivity index (χ1v) is 9.32. The lowest BCUT2D eigenvalue weighted by Crippen LogP contribution is -2.39. The fourth-order valence-electron chi connectivity index (χ4n) is 2.32. The van der Waals surface area contributed by atoms with Crippen molar-refractivity contribution in [1.29, 1.82) is 0 Å². The molecule has 142 valence electrons. The zero-order chi connectivity index (χ0) is 19.0. The molecule has 1 amide bonds. The van der Waals surface area contributed by atoms with Gasteiger partial charge in [0.15, 0.2) is 0 Å². The van der Waals surface area contributed by atoms with E-state index in [1.54, 1.807) is 0 Å². The van der Waals surface area contributed by atoms with E-state index in [4.69, 9.17) is 4.74 Å². The first-order chi connectivity index (χ1) is 10.9. The van der Waals surface area contributed by atoms with Gasteiger partial charge in [0, 0.05) is 30.9 Å². The molecule has 0 aromatic heterocycles. The minimum Gasteiger partial charge on any atom is -0.375 e. The van der Waals surface area contributed by atoms with Gasteiger partial charge in [-0.3, -0.25) is 9.59 Å². The van der Waals surface area contributed by atoms with Gasteiger partial charge in [-0.05, 0) is 39.0 Å². The van der Waals surface area contributed by atoms with E-state index >= 15 is 0 Å². The molecule has 0 aliphatic heterocycles. The summed E-state index contributed by atoms with van der Waals surface area (Å²) in [6.45, 7) is 17.2. The van der Waals surface area contributed by atoms with Crippen molar-refractivity contribution in [1.82, 2.24) is 5.32 Å². The van der Waals surface area contributed by atoms with E-state index in [-0.39, 0.29) is 17.6 Å². The summed E-state index contributed by atoms with van der Waals surface area (Å²) in [4.78, 5) is 24.2. The van der Waals surface area contributed by atoms with E-state index in [1.165, 1.54) is 0 Å².